The lowest BCUT2D eigenvalue weighted by Gasteiger charge is -2.22. The van der Waals surface area contributed by atoms with Crippen LogP contribution in [0.5, 0.6) is 0 Å². The van der Waals surface area contributed by atoms with Crippen LogP contribution in [-0.4, -0.2) is 22.5 Å². The van der Waals surface area contributed by atoms with E-state index in [1.807, 2.05) is 62.1 Å². The summed E-state index contributed by atoms with van der Waals surface area (Å²) in [7, 11) is 0. The highest BCUT2D eigenvalue weighted by atomic mass is 16.3. The standard InChI is InChI=1S/C22H29NO2/c1-6-8-17(3)9-10-18(4)15-22(25)23(7-2)16-20-11-13-21(14-12-20)19(5)24/h6,8-14,18,24H,1,5,7,15-16H2,2-4H3/b10-9-,17-8-. The number of carbonyl (C=O) groups excluding carboxylic acids is 1. The largest absolute Gasteiger partial charge is 0.508 e. The first kappa shape index (κ1) is 20.5. The molecule has 0 saturated carbocycles. The van der Waals surface area contributed by atoms with Gasteiger partial charge in [0.1, 0.15) is 5.76 Å². The van der Waals surface area contributed by atoms with E-state index in [0.29, 0.717) is 25.1 Å². The van der Waals surface area contributed by atoms with E-state index in [0.717, 1.165) is 11.1 Å². The summed E-state index contributed by atoms with van der Waals surface area (Å²) in [5.41, 5.74) is 2.85. The predicted molar refractivity (Wildman–Crippen MR) is 106 cm³/mol. The molecule has 1 atom stereocenters. The van der Waals surface area contributed by atoms with Gasteiger partial charge in [-0.1, -0.05) is 74.2 Å². The molecule has 0 saturated heterocycles. The Morgan fingerprint density at radius 3 is 2.48 bits per heavy atom. The lowest BCUT2D eigenvalue weighted by atomic mass is 10.0. The van der Waals surface area contributed by atoms with E-state index in [1.165, 1.54) is 0 Å². The molecule has 0 aromatic heterocycles. The summed E-state index contributed by atoms with van der Waals surface area (Å²) in [6, 6.07) is 7.46. The van der Waals surface area contributed by atoms with Crippen LogP contribution in [0.3, 0.4) is 0 Å². The van der Waals surface area contributed by atoms with Gasteiger partial charge in [0, 0.05) is 25.1 Å². The van der Waals surface area contributed by atoms with Gasteiger partial charge < -0.3 is 10.0 Å². The van der Waals surface area contributed by atoms with E-state index in [4.69, 9.17) is 0 Å². The summed E-state index contributed by atoms with van der Waals surface area (Å²) in [4.78, 5) is 14.4. The molecule has 0 aliphatic heterocycles. The van der Waals surface area contributed by atoms with Crippen molar-refractivity contribution < 1.29 is 9.90 Å². The Balaban J connectivity index is 2.66. The molecule has 0 radical (unpaired) electrons. The van der Waals surface area contributed by atoms with E-state index >= 15 is 0 Å². The van der Waals surface area contributed by atoms with Gasteiger partial charge in [-0.15, -0.1) is 0 Å². The Hall–Kier alpha value is -2.55. The van der Waals surface area contributed by atoms with Crippen molar-refractivity contribution in [3.8, 4) is 0 Å². The second kappa shape index (κ2) is 10.3. The SMILES string of the molecule is C=C/C=C(C)\C=C/C(C)CC(=O)N(CC)Cc1ccc(C(=C)O)cc1. The molecule has 0 fully saturated rings. The van der Waals surface area contributed by atoms with Crippen LogP contribution in [0, 0.1) is 5.92 Å². The Morgan fingerprint density at radius 2 is 1.96 bits per heavy atom. The first-order valence-corrected chi connectivity index (χ1v) is 8.59. The smallest absolute Gasteiger partial charge is 0.223 e. The van der Waals surface area contributed by atoms with Crippen molar-refractivity contribution in [1.29, 1.82) is 0 Å². The molecule has 134 valence electrons. The molecule has 0 aliphatic rings. The first-order chi connectivity index (χ1) is 11.9. The van der Waals surface area contributed by atoms with Crippen molar-refractivity contribution in [3.05, 3.63) is 78.4 Å². The Bertz CT molecular complexity index is 653. The van der Waals surface area contributed by atoms with E-state index in [2.05, 4.69) is 19.2 Å². The molecular weight excluding hydrogens is 310 g/mol. The first-order valence-electron chi connectivity index (χ1n) is 8.59. The van der Waals surface area contributed by atoms with Crippen molar-refractivity contribution >= 4 is 11.7 Å². The number of allylic oxidation sites excluding steroid dienone is 5. The predicted octanol–water partition coefficient (Wildman–Crippen LogP) is 5.28. The van der Waals surface area contributed by atoms with Crippen LogP contribution in [-0.2, 0) is 11.3 Å². The molecule has 1 aromatic carbocycles. The number of rotatable bonds is 9. The monoisotopic (exact) mass is 339 g/mol. The number of carbonyl (C=O) groups is 1. The fourth-order valence-electron chi connectivity index (χ4n) is 2.43. The maximum atomic E-state index is 12.5. The maximum absolute atomic E-state index is 12.5. The Kier molecular flexibility index (Phi) is 8.48. The van der Waals surface area contributed by atoms with Gasteiger partial charge in [0.05, 0.1) is 0 Å². The fraction of sp³-hybridized carbons (Fsp3) is 0.318. The minimum Gasteiger partial charge on any atom is -0.508 e. The zero-order valence-electron chi connectivity index (χ0n) is 15.5. The molecule has 1 rings (SSSR count). The number of hydrogen-bond donors (Lipinski definition) is 1. The average molecular weight is 339 g/mol. The lowest BCUT2D eigenvalue weighted by Crippen LogP contribution is -2.31. The van der Waals surface area contributed by atoms with Crippen LogP contribution < -0.4 is 0 Å². The molecule has 0 heterocycles. The van der Waals surface area contributed by atoms with E-state index in [-0.39, 0.29) is 17.6 Å². The van der Waals surface area contributed by atoms with Crippen LogP contribution in [0.4, 0.5) is 0 Å². The van der Waals surface area contributed by atoms with Gasteiger partial charge in [-0.05, 0) is 25.3 Å². The summed E-state index contributed by atoms with van der Waals surface area (Å²) in [5.74, 6) is 0.367. The third-order valence-corrected chi connectivity index (χ3v) is 3.96. The van der Waals surface area contributed by atoms with Gasteiger partial charge in [-0.25, -0.2) is 0 Å². The highest BCUT2D eigenvalue weighted by molar-refractivity contribution is 5.76. The molecule has 1 unspecified atom stereocenters. The minimum absolute atomic E-state index is 0.0522. The van der Waals surface area contributed by atoms with Gasteiger partial charge in [0.15, 0.2) is 0 Å². The normalized spacial score (nSPS) is 12.8. The van der Waals surface area contributed by atoms with Gasteiger partial charge >= 0.3 is 0 Å². The molecule has 3 nitrogen and oxygen atoms in total. The zero-order valence-corrected chi connectivity index (χ0v) is 15.5. The van der Waals surface area contributed by atoms with E-state index in [9.17, 15) is 9.90 Å². The Labute approximate surface area is 151 Å². The quantitative estimate of drug-likeness (QED) is 0.491. The average Bonchev–Trinajstić information content (AvgIpc) is 2.58. The summed E-state index contributed by atoms with van der Waals surface area (Å²) in [6.45, 7) is 14.5. The van der Waals surface area contributed by atoms with E-state index < -0.39 is 0 Å². The third-order valence-electron chi connectivity index (χ3n) is 3.96. The number of aliphatic hydroxyl groups is 1. The summed E-state index contributed by atoms with van der Waals surface area (Å²) in [6.07, 6.45) is 8.26. The number of hydrogen-bond acceptors (Lipinski definition) is 2. The molecule has 3 heteroatoms. The molecule has 0 bridgehead atoms. The minimum atomic E-state index is 0.0522. The number of amides is 1. The fourth-order valence-corrected chi connectivity index (χ4v) is 2.43. The van der Waals surface area contributed by atoms with Crippen LogP contribution in [0.1, 0.15) is 38.3 Å². The van der Waals surface area contributed by atoms with E-state index in [1.54, 1.807) is 6.08 Å². The molecule has 1 N–H and O–H groups in total. The molecule has 0 aliphatic carbocycles. The summed E-state index contributed by atoms with van der Waals surface area (Å²) < 4.78 is 0. The molecule has 0 spiro atoms. The van der Waals surface area contributed by atoms with Gasteiger partial charge in [0.2, 0.25) is 5.91 Å². The highest BCUT2D eigenvalue weighted by Gasteiger charge is 2.14. The third kappa shape index (κ3) is 7.25. The van der Waals surface area contributed by atoms with Crippen molar-refractivity contribution in [2.75, 3.05) is 6.54 Å². The van der Waals surface area contributed by atoms with Crippen molar-refractivity contribution in [1.82, 2.24) is 4.90 Å². The topological polar surface area (TPSA) is 40.5 Å². The molecular formula is C22H29NO2. The number of benzene rings is 1. The lowest BCUT2D eigenvalue weighted by molar-refractivity contribution is -0.132. The summed E-state index contributed by atoms with van der Waals surface area (Å²) >= 11 is 0. The maximum Gasteiger partial charge on any atom is 0.223 e. The molecule has 25 heavy (non-hydrogen) atoms. The van der Waals surface area contributed by atoms with Gasteiger partial charge in [-0.3, -0.25) is 4.79 Å². The van der Waals surface area contributed by atoms with Crippen LogP contribution >= 0.6 is 0 Å². The Morgan fingerprint density at radius 1 is 1.32 bits per heavy atom. The van der Waals surface area contributed by atoms with Crippen LogP contribution in [0.15, 0.2) is 67.3 Å². The van der Waals surface area contributed by atoms with Gasteiger partial charge in [-0.2, -0.15) is 0 Å². The van der Waals surface area contributed by atoms with Crippen molar-refractivity contribution in [3.63, 3.8) is 0 Å². The van der Waals surface area contributed by atoms with Gasteiger partial charge in [0.25, 0.3) is 0 Å². The highest BCUT2D eigenvalue weighted by Crippen LogP contribution is 2.14. The molecule has 1 amide bonds. The van der Waals surface area contributed by atoms with Crippen LogP contribution in [0.2, 0.25) is 0 Å². The summed E-state index contributed by atoms with van der Waals surface area (Å²) in [5, 5.41) is 9.38. The number of aliphatic hydroxyl groups excluding tert-OH is 1. The second-order valence-electron chi connectivity index (χ2n) is 6.24. The molecule has 1 aromatic rings. The number of nitrogens with zero attached hydrogens (tertiary/aromatic N) is 1. The van der Waals surface area contributed by atoms with Crippen molar-refractivity contribution in [2.24, 2.45) is 5.92 Å². The second-order valence-corrected chi connectivity index (χ2v) is 6.24. The van der Waals surface area contributed by atoms with Crippen LogP contribution in [0.25, 0.3) is 5.76 Å². The van der Waals surface area contributed by atoms with Crippen molar-refractivity contribution in [2.45, 2.75) is 33.7 Å². The zero-order chi connectivity index (χ0) is 18.8.